The van der Waals surface area contributed by atoms with E-state index in [1.54, 1.807) is 31.2 Å². The zero-order chi connectivity index (χ0) is 20.4. The van der Waals surface area contributed by atoms with Crippen molar-refractivity contribution in [3.05, 3.63) is 77.9 Å². The van der Waals surface area contributed by atoms with Gasteiger partial charge in [-0.2, -0.15) is 15.3 Å². The molecule has 1 N–H and O–H groups in total. The predicted octanol–water partition coefficient (Wildman–Crippen LogP) is 4.32. The van der Waals surface area contributed by atoms with Crippen molar-refractivity contribution >= 4 is 0 Å². The zero-order valence-corrected chi connectivity index (χ0v) is 15.9. The van der Waals surface area contributed by atoms with Gasteiger partial charge in [0, 0.05) is 17.7 Å². The normalized spacial score (nSPS) is 10.5. The van der Waals surface area contributed by atoms with Crippen molar-refractivity contribution < 1.29 is 9.84 Å². The molecule has 2 aromatic heterocycles. The monoisotopic (exact) mass is 383 g/mol. The molecule has 0 spiro atoms. The summed E-state index contributed by atoms with van der Waals surface area (Å²) in [4.78, 5) is 8.89. The fourth-order valence-corrected chi connectivity index (χ4v) is 2.96. The van der Waals surface area contributed by atoms with Gasteiger partial charge in [0.2, 0.25) is 5.88 Å². The molecule has 0 saturated heterocycles. The topological polar surface area (TPSA) is 96.8 Å². The van der Waals surface area contributed by atoms with Crippen LogP contribution in [0.5, 0.6) is 17.4 Å². The summed E-state index contributed by atoms with van der Waals surface area (Å²) in [6.07, 6.45) is 2.78. The molecule has 0 bridgehead atoms. The molecule has 0 unspecified atom stereocenters. The van der Waals surface area contributed by atoms with Crippen LogP contribution in [0, 0.1) is 25.2 Å². The van der Waals surface area contributed by atoms with E-state index in [1.807, 2.05) is 31.2 Å². The SMILES string of the molecule is Cc1cccc(-c2cc(Oc3cc(C#N)ccc3-n3cc(O)cn3)nc(C)n2)c1. The molecule has 7 nitrogen and oxygen atoms in total. The smallest absolute Gasteiger partial charge is 0.223 e. The first-order chi connectivity index (χ1) is 14.0. The molecular weight excluding hydrogens is 366 g/mol. The van der Waals surface area contributed by atoms with Gasteiger partial charge in [-0.05, 0) is 32.0 Å². The fourth-order valence-electron chi connectivity index (χ4n) is 2.96. The Hall–Kier alpha value is -4.18. The molecule has 2 heterocycles. The number of aromatic nitrogens is 4. The lowest BCUT2D eigenvalue weighted by Crippen LogP contribution is -2.01. The summed E-state index contributed by atoms with van der Waals surface area (Å²) in [5, 5.41) is 23.0. The summed E-state index contributed by atoms with van der Waals surface area (Å²) in [5.74, 6) is 1.33. The highest BCUT2D eigenvalue weighted by atomic mass is 16.5. The van der Waals surface area contributed by atoms with Gasteiger partial charge in [0.05, 0.1) is 29.7 Å². The Morgan fingerprint density at radius 3 is 2.66 bits per heavy atom. The van der Waals surface area contributed by atoms with Crippen LogP contribution in [0.3, 0.4) is 0 Å². The molecule has 0 aliphatic carbocycles. The molecular formula is C22H17N5O2. The van der Waals surface area contributed by atoms with E-state index in [9.17, 15) is 10.4 Å². The highest BCUT2D eigenvalue weighted by Crippen LogP contribution is 2.31. The molecule has 29 heavy (non-hydrogen) atoms. The Morgan fingerprint density at radius 2 is 1.93 bits per heavy atom. The predicted molar refractivity (Wildman–Crippen MR) is 107 cm³/mol. The van der Waals surface area contributed by atoms with Crippen molar-refractivity contribution in [2.45, 2.75) is 13.8 Å². The second-order valence-electron chi connectivity index (χ2n) is 6.55. The number of hydrogen-bond donors (Lipinski definition) is 1. The van der Waals surface area contributed by atoms with Crippen LogP contribution in [0.25, 0.3) is 16.9 Å². The third kappa shape index (κ3) is 3.92. The lowest BCUT2D eigenvalue weighted by Gasteiger charge is -2.12. The van der Waals surface area contributed by atoms with Crippen LogP contribution in [-0.2, 0) is 0 Å². The van der Waals surface area contributed by atoms with Gasteiger partial charge in [0.25, 0.3) is 0 Å². The van der Waals surface area contributed by atoms with Gasteiger partial charge >= 0.3 is 0 Å². The second-order valence-corrected chi connectivity index (χ2v) is 6.55. The van der Waals surface area contributed by atoms with Crippen molar-refractivity contribution in [2.24, 2.45) is 0 Å². The van der Waals surface area contributed by atoms with E-state index in [2.05, 4.69) is 21.1 Å². The maximum atomic E-state index is 9.62. The maximum absolute atomic E-state index is 9.62. The first kappa shape index (κ1) is 18.2. The Balaban J connectivity index is 1.77. The molecule has 142 valence electrons. The number of rotatable bonds is 4. The average molecular weight is 383 g/mol. The molecule has 0 saturated carbocycles. The largest absolute Gasteiger partial charge is 0.505 e. The van der Waals surface area contributed by atoms with Gasteiger partial charge < -0.3 is 9.84 Å². The quantitative estimate of drug-likeness (QED) is 0.564. The van der Waals surface area contributed by atoms with Gasteiger partial charge in [0.1, 0.15) is 11.5 Å². The van der Waals surface area contributed by atoms with Crippen LogP contribution in [0.1, 0.15) is 17.0 Å². The molecule has 0 atom stereocenters. The standard InChI is InChI=1S/C22H17N5O2/c1-14-4-3-5-17(8-14)19-10-22(26-15(2)25-19)29-21-9-16(11-23)6-7-20(21)27-13-18(28)12-24-27/h3-10,12-13,28H,1-2H3. The van der Waals surface area contributed by atoms with Gasteiger partial charge in [-0.1, -0.05) is 23.8 Å². The van der Waals surface area contributed by atoms with Crippen LogP contribution in [0.15, 0.2) is 60.9 Å². The van der Waals surface area contributed by atoms with Crippen LogP contribution < -0.4 is 4.74 Å². The average Bonchev–Trinajstić information content (AvgIpc) is 3.13. The van der Waals surface area contributed by atoms with Crippen LogP contribution in [0.4, 0.5) is 0 Å². The van der Waals surface area contributed by atoms with Crippen molar-refractivity contribution in [1.29, 1.82) is 5.26 Å². The van der Waals surface area contributed by atoms with E-state index in [1.165, 1.54) is 17.1 Å². The Bertz CT molecular complexity index is 1240. The van der Waals surface area contributed by atoms with Crippen molar-refractivity contribution in [3.8, 4) is 40.4 Å². The number of nitrogens with zero attached hydrogens (tertiary/aromatic N) is 5. The van der Waals surface area contributed by atoms with E-state index in [0.717, 1.165) is 16.8 Å². The minimum absolute atomic E-state index is 0.0277. The first-order valence-corrected chi connectivity index (χ1v) is 8.90. The molecule has 7 heteroatoms. The van der Waals surface area contributed by atoms with Crippen LogP contribution in [-0.4, -0.2) is 24.9 Å². The number of benzene rings is 2. The number of hydrogen-bond acceptors (Lipinski definition) is 6. The van der Waals surface area contributed by atoms with Gasteiger partial charge in [-0.3, -0.25) is 0 Å². The van der Waals surface area contributed by atoms with Crippen molar-refractivity contribution in [2.75, 3.05) is 0 Å². The lowest BCUT2D eigenvalue weighted by molar-refractivity contribution is 0.456. The summed E-state index contributed by atoms with van der Waals surface area (Å²) in [5.41, 5.74) is 3.83. The zero-order valence-electron chi connectivity index (χ0n) is 15.9. The molecule has 0 radical (unpaired) electrons. The summed E-state index contributed by atoms with van der Waals surface area (Å²) < 4.78 is 7.52. The van der Waals surface area contributed by atoms with Crippen molar-refractivity contribution in [3.63, 3.8) is 0 Å². The summed E-state index contributed by atoms with van der Waals surface area (Å²) in [7, 11) is 0. The van der Waals surface area contributed by atoms with Crippen LogP contribution >= 0.6 is 0 Å². The van der Waals surface area contributed by atoms with Gasteiger partial charge in [0.15, 0.2) is 11.5 Å². The molecule has 0 amide bonds. The molecule has 4 aromatic rings. The third-order valence-corrected chi connectivity index (χ3v) is 4.25. The van der Waals surface area contributed by atoms with E-state index in [4.69, 9.17) is 4.74 Å². The molecule has 0 aliphatic heterocycles. The Morgan fingerprint density at radius 1 is 1.07 bits per heavy atom. The molecule has 0 fully saturated rings. The highest BCUT2D eigenvalue weighted by molar-refractivity contribution is 5.61. The summed E-state index contributed by atoms with van der Waals surface area (Å²) in [6.45, 7) is 3.82. The van der Waals surface area contributed by atoms with Gasteiger partial charge in [-0.15, -0.1) is 0 Å². The third-order valence-electron chi connectivity index (χ3n) is 4.25. The highest BCUT2D eigenvalue weighted by Gasteiger charge is 2.13. The van der Waals surface area contributed by atoms with Crippen molar-refractivity contribution in [1.82, 2.24) is 19.7 Å². The minimum Gasteiger partial charge on any atom is -0.505 e. The summed E-state index contributed by atoms with van der Waals surface area (Å²) in [6, 6.07) is 16.8. The van der Waals surface area contributed by atoms with Crippen LogP contribution in [0.2, 0.25) is 0 Å². The number of aromatic hydroxyl groups is 1. The number of nitriles is 1. The van der Waals surface area contributed by atoms with E-state index in [-0.39, 0.29) is 5.75 Å². The lowest BCUT2D eigenvalue weighted by atomic mass is 10.1. The Kier molecular flexibility index (Phi) is 4.67. The van der Waals surface area contributed by atoms with E-state index >= 15 is 0 Å². The second kappa shape index (κ2) is 7.44. The first-order valence-electron chi connectivity index (χ1n) is 8.90. The van der Waals surface area contributed by atoms with Gasteiger partial charge in [-0.25, -0.2) is 9.67 Å². The maximum Gasteiger partial charge on any atom is 0.223 e. The van der Waals surface area contributed by atoms with E-state index in [0.29, 0.717) is 28.7 Å². The van der Waals surface area contributed by atoms with E-state index < -0.39 is 0 Å². The fraction of sp³-hybridized carbons (Fsp3) is 0.0909. The number of aryl methyl sites for hydroxylation is 2. The minimum atomic E-state index is 0.0277. The number of ether oxygens (including phenoxy) is 1. The molecule has 4 rings (SSSR count). The molecule has 0 aliphatic rings. The summed E-state index contributed by atoms with van der Waals surface area (Å²) >= 11 is 0. The Labute approximate surface area is 167 Å². The molecule has 2 aromatic carbocycles.